The van der Waals surface area contributed by atoms with Gasteiger partial charge in [-0.1, -0.05) is 30.3 Å². The van der Waals surface area contributed by atoms with Crippen molar-refractivity contribution in [3.05, 3.63) is 35.9 Å². The van der Waals surface area contributed by atoms with Gasteiger partial charge in [0.05, 0.1) is 6.04 Å². The van der Waals surface area contributed by atoms with Crippen LogP contribution in [-0.4, -0.2) is 25.3 Å². The summed E-state index contributed by atoms with van der Waals surface area (Å²) in [5.74, 6) is 0. The Morgan fingerprint density at radius 2 is 1.83 bits per heavy atom. The number of nitrogens with zero attached hydrogens (tertiary/aromatic N) is 1. The zero-order valence-corrected chi connectivity index (χ0v) is 7.40. The van der Waals surface area contributed by atoms with Crippen molar-refractivity contribution in [1.82, 2.24) is 4.90 Å². The average molecular weight is 163 g/mol. The molecule has 0 aliphatic heterocycles. The summed E-state index contributed by atoms with van der Waals surface area (Å²) in [6.45, 7) is 0. The van der Waals surface area contributed by atoms with E-state index in [4.69, 9.17) is 0 Å². The molecule has 0 aliphatic carbocycles. The number of carbonyl (C=O) groups is 1. The van der Waals surface area contributed by atoms with Gasteiger partial charge in [-0.3, -0.25) is 4.90 Å². The lowest BCUT2D eigenvalue weighted by atomic mass is 10.1. The molecule has 0 aromatic heterocycles. The van der Waals surface area contributed by atoms with Crippen molar-refractivity contribution >= 4 is 6.29 Å². The average Bonchev–Trinajstić information content (AvgIpc) is 2.07. The summed E-state index contributed by atoms with van der Waals surface area (Å²) in [6, 6.07) is 9.62. The fourth-order valence-electron chi connectivity index (χ4n) is 1.15. The van der Waals surface area contributed by atoms with Crippen LogP contribution >= 0.6 is 0 Å². The van der Waals surface area contributed by atoms with Gasteiger partial charge in [0.1, 0.15) is 6.29 Å². The van der Waals surface area contributed by atoms with Crippen LogP contribution in [0.2, 0.25) is 0 Å². The quantitative estimate of drug-likeness (QED) is 0.629. The minimum absolute atomic E-state index is 0.119. The van der Waals surface area contributed by atoms with Gasteiger partial charge in [-0.2, -0.15) is 0 Å². The van der Waals surface area contributed by atoms with E-state index in [9.17, 15) is 4.79 Å². The summed E-state index contributed by atoms with van der Waals surface area (Å²) in [4.78, 5) is 12.6. The lowest BCUT2D eigenvalue weighted by Gasteiger charge is -2.18. The zero-order valence-electron chi connectivity index (χ0n) is 7.40. The first-order valence-corrected chi connectivity index (χ1v) is 3.92. The van der Waals surface area contributed by atoms with Gasteiger partial charge in [-0.25, -0.2) is 0 Å². The molecule has 64 valence electrons. The molecule has 0 radical (unpaired) electrons. The largest absolute Gasteiger partial charge is 0.301 e. The Labute approximate surface area is 72.8 Å². The fraction of sp³-hybridized carbons (Fsp3) is 0.300. The Morgan fingerprint density at radius 3 is 2.25 bits per heavy atom. The van der Waals surface area contributed by atoms with Gasteiger partial charge in [-0.15, -0.1) is 0 Å². The lowest BCUT2D eigenvalue weighted by Crippen LogP contribution is -2.20. The first-order chi connectivity index (χ1) is 5.75. The number of aldehydes is 1. The van der Waals surface area contributed by atoms with Crippen molar-refractivity contribution in [3.8, 4) is 0 Å². The number of likely N-dealkylation sites (N-methyl/N-ethyl adjacent to an activating group) is 1. The van der Waals surface area contributed by atoms with Crippen LogP contribution in [0.1, 0.15) is 11.6 Å². The molecule has 0 unspecified atom stereocenters. The Morgan fingerprint density at radius 1 is 1.25 bits per heavy atom. The van der Waals surface area contributed by atoms with E-state index in [1.54, 1.807) is 0 Å². The maximum absolute atomic E-state index is 10.7. The highest BCUT2D eigenvalue weighted by molar-refractivity contribution is 5.61. The second kappa shape index (κ2) is 4.02. The van der Waals surface area contributed by atoms with Crippen molar-refractivity contribution in [2.45, 2.75) is 6.04 Å². The Kier molecular flexibility index (Phi) is 3.00. The summed E-state index contributed by atoms with van der Waals surface area (Å²) in [5.41, 5.74) is 1.04. The van der Waals surface area contributed by atoms with Crippen LogP contribution in [0.4, 0.5) is 0 Å². The molecule has 0 saturated carbocycles. The van der Waals surface area contributed by atoms with Crippen LogP contribution in [-0.2, 0) is 4.79 Å². The van der Waals surface area contributed by atoms with Crippen LogP contribution in [0.5, 0.6) is 0 Å². The van der Waals surface area contributed by atoms with Crippen molar-refractivity contribution < 1.29 is 4.79 Å². The highest BCUT2D eigenvalue weighted by Crippen LogP contribution is 2.14. The van der Waals surface area contributed by atoms with E-state index in [1.165, 1.54) is 0 Å². The standard InChI is InChI=1S/C10H13NO/c1-11(2)10(8-12)9-6-4-3-5-7-9/h3-8,10H,1-2H3/t10-/m0/s1. The van der Waals surface area contributed by atoms with Crippen molar-refractivity contribution in [1.29, 1.82) is 0 Å². The van der Waals surface area contributed by atoms with Crippen LogP contribution < -0.4 is 0 Å². The molecule has 0 fully saturated rings. The predicted octanol–water partition coefficient (Wildman–Crippen LogP) is 1.49. The SMILES string of the molecule is CN(C)[C@@H](C=O)c1ccccc1. The molecular formula is C10H13NO. The molecule has 0 heterocycles. The Balaban J connectivity index is 2.88. The van der Waals surface area contributed by atoms with Crippen molar-refractivity contribution in [3.63, 3.8) is 0 Å². The molecule has 1 rings (SSSR count). The second-order valence-corrected chi connectivity index (χ2v) is 2.96. The van der Waals surface area contributed by atoms with Gasteiger partial charge in [0, 0.05) is 0 Å². The topological polar surface area (TPSA) is 20.3 Å². The van der Waals surface area contributed by atoms with Crippen LogP contribution in [0, 0.1) is 0 Å². The summed E-state index contributed by atoms with van der Waals surface area (Å²) in [5, 5.41) is 0. The first kappa shape index (κ1) is 8.94. The zero-order chi connectivity index (χ0) is 8.97. The summed E-state index contributed by atoms with van der Waals surface area (Å²) in [6.07, 6.45) is 0.954. The molecule has 0 bridgehead atoms. The molecule has 1 aromatic rings. The van der Waals surface area contributed by atoms with Crippen LogP contribution in [0.3, 0.4) is 0 Å². The van der Waals surface area contributed by atoms with Gasteiger partial charge in [-0.05, 0) is 19.7 Å². The highest BCUT2D eigenvalue weighted by Gasteiger charge is 2.10. The third kappa shape index (κ3) is 1.92. The molecule has 12 heavy (non-hydrogen) atoms. The molecule has 0 spiro atoms. The van der Waals surface area contributed by atoms with Gasteiger partial charge in [0.15, 0.2) is 0 Å². The molecule has 0 amide bonds. The van der Waals surface area contributed by atoms with E-state index in [2.05, 4.69) is 0 Å². The predicted molar refractivity (Wildman–Crippen MR) is 48.9 cm³/mol. The number of rotatable bonds is 3. The Hall–Kier alpha value is -1.15. The molecule has 0 aliphatic rings. The van der Waals surface area contributed by atoms with E-state index in [0.717, 1.165) is 11.8 Å². The summed E-state index contributed by atoms with van der Waals surface area (Å²) >= 11 is 0. The second-order valence-electron chi connectivity index (χ2n) is 2.96. The molecule has 2 nitrogen and oxygen atoms in total. The third-order valence-electron chi connectivity index (χ3n) is 1.83. The smallest absolute Gasteiger partial charge is 0.141 e. The maximum Gasteiger partial charge on any atom is 0.141 e. The van der Waals surface area contributed by atoms with E-state index >= 15 is 0 Å². The Bertz CT molecular complexity index is 243. The highest BCUT2D eigenvalue weighted by atomic mass is 16.1. The fourth-order valence-corrected chi connectivity index (χ4v) is 1.15. The number of benzene rings is 1. The van der Waals surface area contributed by atoms with Crippen LogP contribution in [0.25, 0.3) is 0 Å². The molecule has 1 aromatic carbocycles. The summed E-state index contributed by atoms with van der Waals surface area (Å²) < 4.78 is 0. The van der Waals surface area contributed by atoms with Crippen molar-refractivity contribution in [2.75, 3.05) is 14.1 Å². The normalized spacial score (nSPS) is 12.9. The van der Waals surface area contributed by atoms with E-state index in [-0.39, 0.29) is 6.04 Å². The maximum atomic E-state index is 10.7. The van der Waals surface area contributed by atoms with Gasteiger partial charge >= 0.3 is 0 Å². The van der Waals surface area contributed by atoms with Gasteiger partial charge < -0.3 is 4.79 Å². The number of hydrogen-bond donors (Lipinski definition) is 0. The molecule has 0 saturated heterocycles. The molecule has 1 atom stereocenters. The monoisotopic (exact) mass is 163 g/mol. The van der Waals surface area contributed by atoms with E-state index in [0.29, 0.717) is 0 Å². The van der Waals surface area contributed by atoms with Crippen molar-refractivity contribution in [2.24, 2.45) is 0 Å². The van der Waals surface area contributed by atoms with Gasteiger partial charge in [0.2, 0.25) is 0 Å². The number of hydrogen-bond acceptors (Lipinski definition) is 2. The first-order valence-electron chi connectivity index (χ1n) is 3.92. The minimum Gasteiger partial charge on any atom is -0.301 e. The third-order valence-corrected chi connectivity index (χ3v) is 1.83. The van der Waals surface area contributed by atoms with E-state index in [1.807, 2.05) is 49.3 Å². The molecule has 2 heteroatoms. The summed E-state index contributed by atoms with van der Waals surface area (Å²) in [7, 11) is 3.79. The molecular weight excluding hydrogens is 150 g/mol. The molecule has 0 N–H and O–H groups in total. The van der Waals surface area contributed by atoms with E-state index < -0.39 is 0 Å². The number of carbonyl (C=O) groups excluding carboxylic acids is 1. The minimum atomic E-state index is -0.119. The van der Waals surface area contributed by atoms with Gasteiger partial charge in [0.25, 0.3) is 0 Å². The lowest BCUT2D eigenvalue weighted by molar-refractivity contribution is -0.111. The van der Waals surface area contributed by atoms with Crippen LogP contribution in [0.15, 0.2) is 30.3 Å².